The van der Waals surface area contributed by atoms with E-state index < -0.39 is 0 Å². The molecule has 6 nitrogen and oxygen atoms in total. The van der Waals surface area contributed by atoms with Gasteiger partial charge in [-0.25, -0.2) is 0 Å². The summed E-state index contributed by atoms with van der Waals surface area (Å²) in [6.45, 7) is 7.76. The number of nitrogens with zero attached hydrogens (tertiary/aromatic N) is 2. The summed E-state index contributed by atoms with van der Waals surface area (Å²) >= 11 is 0. The number of ether oxygens (including phenoxy) is 3. The van der Waals surface area contributed by atoms with Crippen molar-refractivity contribution in [3.63, 3.8) is 0 Å². The molecule has 0 amide bonds. The van der Waals surface area contributed by atoms with Crippen molar-refractivity contribution in [1.82, 2.24) is 0 Å². The van der Waals surface area contributed by atoms with Gasteiger partial charge in [-0.2, -0.15) is 0 Å². The van der Waals surface area contributed by atoms with Gasteiger partial charge in [0, 0.05) is 54.3 Å². The van der Waals surface area contributed by atoms with Crippen molar-refractivity contribution in [2.45, 2.75) is 44.7 Å². The van der Waals surface area contributed by atoms with Gasteiger partial charge in [-0.15, -0.1) is 0 Å². The molecule has 2 aliphatic rings. The van der Waals surface area contributed by atoms with Gasteiger partial charge in [-0.3, -0.25) is 0 Å². The number of anilines is 2. The molecule has 1 N–H and O–H groups in total. The molecule has 2 aliphatic heterocycles. The fraction of sp³-hybridized carbons (Fsp3) is 0.333. The zero-order valence-corrected chi connectivity index (χ0v) is 24.5. The van der Waals surface area contributed by atoms with Gasteiger partial charge in [0.05, 0.1) is 6.04 Å². The first-order valence-corrected chi connectivity index (χ1v) is 14.9. The highest BCUT2D eigenvalue weighted by molar-refractivity contribution is 5.56. The molecule has 42 heavy (non-hydrogen) atoms. The van der Waals surface area contributed by atoms with Crippen molar-refractivity contribution < 1.29 is 19.3 Å². The quantitative estimate of drug-likeness (QED) is 0.208. The van der Waals surface area contributed by atoms with Crippen LogP contribution in [0.1, 0.15) is 55.0 Å². The molecule has 6 rings (SSSR count). The number of para-hydroxylation sites is 2. The second kappa shape index (κ2) is 12.5. The van der Waals surface area contributed by atoms with E-state index in [1.54, 1.807) is 0 Å². The van der Waals surface area contributed by atoms with E-state index >= 15 is 0 Å². The van der Waals surface area contributed by atoms with Crippen molar-refractivity contribution in [2.24, 2.45) is 0 Å². The van der Waals surface area contributed by atoms with Crippen LogP contribution in [-0.2, 0) is 16.7 Å². The third kappa shape index (κ3) is 5.83. The fourth-order valence-electron chi connectivity index (χ4n) is 5.98. The zero-order chi connectivity index (χ0) is 28.9. The number of hydrogen-bond acceptors (Lipinski definition) is 6. The summed E-state index contributed by atoms with van der Waals surface area (Å²) in [6.07, 6.45) is 1.48. The van der Waals surface area contributed by atoms with Gasteiger partial charge in [0.2, 0.25) is 0 Å². The van der Waals surface area contributed by atoms with Gasteiger partial charge < -0.3 is 29.1 Å². The van der Waals surface area contributed by atoms with Crippen LogP contribution < -0.4 is 19.3 Å². The Kier molecular flexibility index (Phi) is 8.36. The Morgan fingerprint density at radius 3 is 2.19 bits per heavy atom. The summed E-state index contributed by atoms with van der Waals surface area (Å²) in [5, 5.41) is 9.15. The van der Waals surface area contributed by atoms with Crippen LogP contribution in [-0.4, -0.2) is 38.4 Å². The van der Waals surface area contributed by atoms with Gasteiger partial charge in [0.25, 0.3) is 0 Å². The Morgan fingerprint density at radius 2 is 1.45 bits per heavy atom. The minimum atomic E-state index is -0.240. The van der Waals surface area contributed by atoms with E-state index in [4.69, 9.17) is 19.3 Å². The first-order valence-electron chi connectivity index (χ1n) is 14.9. The van der Waals surface area contributed by atoms with E-state index in [0.717, 1.165) is 35.8 Å². The van der Waals surface area contributed by atoms with Crippen LogP contribution in [0.4, 0.5) is 11.4 Å². The zero-order valence-electron chi connectivity index (χ0n) is 24.5. The largest absolute Gasteiger partial charge is 0.473 e. The maximum absolute atomic E-state index is 9.15. The predicted molar refractivity (Wildman–Crippen MR) is 167 cm³/mol. The second-order valence-corrected chi connectivity index (χ2v) is 11.6. The predicted octanol–water partition coefficient (Wildman–Crippen LogP) is 7.06. The van der Waals surface area contributed by atoms with Gasteiger partial charge >= 0.3 is 0 Å². The molecule has 218 valence electrons. The topological polar surface area (TPSA) is 54.4 Å². The molecule has 1 unspecified atom stereocenters. The highest BCUT2D eigenvalue weighted by atomic mass is 16.5. The molecule has 2 heterocycles. The van der Waals surface area contributed by atoms with Crippen LogP contribution in [0.3, 0.4) is 0 Å². The first-order chi connectivity index (χ1) is 20.5. The number of rotatable bonds is 10. The van der Waals surface area contributed by atoms with Crippen molar-refractivity contribution in [3.05, 3.63) is 119 Å². The standard InChI is InChI=1S/C36H40N2O4/c1-36(2,28-14-16-34-27(22-28)24-37(25-41-34)30-10-5-3-6-11-30)29-15-17-35-32(23-29)33(18-21-40-20-9-19-39)38(26-42-35)31-12-7-4-8-13-31/h3-8,10-17,22-23,33,39H,9,18-21,24-26H2,1-2H3. The van der Waals surface area contributed by atoms with Crippen molar-refractivity contribution in [3.8, 4) is 11.5 Å². The molecule has 0 aromatic heterocycles. The van der Waals surface area contributed by atoms with E-state index in [0.29, 0.717) is 33.1 Å². The van der Waals surface area contributed by atoms with E-state index in [1.807, 2.05) is 12.1 Å². The molecule has 0 saturated carbocycles. The molecular weight excluding hydrogens is 524 g/mol. The highest BCUT2D eigenvalue weighted by Gasteiger charge is 2.32. The molecule has 0 fully saturated rings. The minimum Gasteiger partial charge on any atom is -0.473 e. The van der Waals surface area contributed by atoms with Crippen LogP contribution in [0.5, 0.6) is 11.5 Å². The summed E-state index contributed by atoms with van der Waals surface area (Å²) < 4.78 is 18.3. The van der Waals surface area contributed by atoms with E-state index in [1.165, 1.54) is 22.3 Å². The Balaban J connectivity index is 1.29. The van der Waals surface area contributed by atoms with Crippen LogP contribution >= 0.6 is 0 Å². The summed E-state index contributed by atoms with van der Waals surface area (Å²) in [5.74, 6) is 1.89. The van der Waals surface area contributed by atoms with Gasteiger partial charge in [-0.1, -0.05) is 62.4 Å². The highest BCUT2D eigenvalue weighted by Crippen LogP contribution is 2.43. The molecule has 4 aromatic carbocycles. The first kappa shape index (κ1) is 28.1. The molecule has 0 aliphatic carbocycles. The average Bonchev–Trinajstić information content (AvgIpc) is 3.04. The number of aliphatic hydroxyl groups excluding tert-OH is 1. The van der Waals surface area contributed by atoms with Crippen LogP contribution in [0, 0.1) is 0 Å². The summed E-state index contributed by atoms with van der Waals surface area (Å²) in [7, 11) is 0. The average molecular weight is 565 g/mol. The van der Waals surface area contributed by atoms with E-state index in [2.05, 4.69) is 109 Å². The Bertz CT molecular complexity index is 1470. The van der Waals surface area contributed by atoms with Crippen molar-refractivity contribution in [1.29, 1.82) is 0 Å². The van der Waals surface area contributed by atoms with Gasteiger partial charge in [-0.05, 0) is 72.5 Å². The smallest absolute Gasteiger partial charge is 0.162 e. The Hall–Kier alpha value is -4.00. The molecule has 0 bridgehead atoms. The van der Waals surface area contributed by atoms with Crippen LogP contribution in [0.2, 0.25) is 0 Å². The third-order valence-corrected chi connectivity index (χ3v) is 8.54. The molecule has 6 heteroatoms. The number of aliphatic hydroxyl groups is 1. The second-order valence-electron chi connectivity index (χ2n) is 11.6. The lowest BCUT2D eigenvalue weighted by atomic mass is 9.76. The van der Waals surface area contributed by atoms with Gasteiger partial charge in [0.1, 0.15) is 11.5 Å². The molecule has 0 saturated heterocycles. The number of benzene rings is 4. The lowest BCUT2D eigenvalue weighted by Gasteiger charge is -2.40. The fourth-order valence-corrected chi connectivity index (χ4v) is 5.98. The molecule has 0 spiro atoms. The SMILES string of the molecule is CC(C)(c1ccc2c(c1)CN(c1ccccc1)CO2)c1ccc2c(c1)C(CCOCCCO)N(c1ccccc1)CO2. The third-order valence-electron chi connectivity index (χ3n) is 8.54. The normalized spacial score (nSPS) is 16.3. The summed E-state index contributed by atoms with van der Waals surface area (Å²) in [5.41, 5.74) is 6.92. The van der Waals surface area contributed by atoms with E-state index in [-0.39, 0.29) is 18.1 Å². The van der Waals surface area contributed by atoms with Crippen LogP contribution in [0.25, 0.3) is 0 Å². The van der Waals surface area contributed by atoms with Crippen LogP contribution in [0.15, 0.2) is 97.1 Å². The maximum atomic E-state index is 9.15. The van der Waals surface area contributed by atoms with Crippen molar-refractivity contribution in [2.75, 3.05) is 43.1 Å². The van der Waals surface area contributed by atoms with Gasteiger partial charge in [0.15, 0.2) is 13.5 Å². The van der Waals surface area contributed by atoms with E-state index in [9.17, 15) is 0 Å². The van der Waals surface area contributed by atoms with Crippen molar-refractivity contribution >= 4 is 11.4 Å². The molecule has 4 aromatic rings. The number of fused-ring (bicyclic) bond motifs is 2. The summed E-state index contributed by atoms with van der Waals surface area (Å²) in [4.78, 5) is 4.59. The Labute approximate surface area is 249 Å². The Morgan fingerprint density at radius 1 is 0.786 bits per heavy atom. The molecule has 0 radical (unpaired) electrons. The maximum Gasteiger partial charge on any atom is 0.162 e. The monoisotopic (exact) mass is 564 g/mol. The summed E-state index contributed by atoms with van der Waals surface area (Å²) in [6, 6.07) is 34.3. The lowest BCUT2D eigenvalue weighted by molar-refractivity contribution is 0.106. The molecule has 1 atom stereocenters. The minimum absolute atomic E-state index is 0.109. The lowest BCUT2D eigenvalue weighted by Crippen LogP contribution is -2.37. The molecular formula is C36H40N2O4. The number of hydrogen-bond donors (Lipinski definition) is 1.